The van der Waals surface area contributed by atoms with Crippen LogP contribution in [0, 0.1) is 5.92 Å². The highest BCUT2D eigenvalue weighted by atomic mass is 16.5. The van der Waals surface area contributed by atoms with Crippen molar-refractivity contribution in [1.29, 1.82) is 0 Å². The smallest absolute Gasteiger partial charge is 0.240 e. The van der Waals surface area contributed by atoms with Crippen molar-refractivity contribution in [3.63, 3.8) is 0 Å². The largest absolute Gasteiger partial charge is 0.392 e. The van der Waals surface area contributed by atoms with Crippen LogP contribution in [-0.2, 0) is 9.53 Å². The van der Waals surface area contributed by atoms with Crippen molar-refractivity contribution >= 4 is 5.91 Å². The molecule has 24 heavy (non-hydrogen) atoms. The highest BCUT2D eigenvalue weighted by Crippen LogP contribution is 2.21. The van der Waals surface area contributed by atoms with E-state index in [2.05, 4.69) is 37.5 Å². The van der Waals surface area contributed by atoms with Crippen molar-refractivity contribution in [3.8, 4) is 0 Å². The average Bonchev–Trinajstić information content (AvgIpc) is 2.46. The predicted octanol–water partition coefficient (Wildman–Crippen LogP) is 0.645. The maximum atomic E-state index is 13.2. The second-order valence-corrected chi connectivity index (χ2v) is 7.87. The average molecular weight is 341 g/mol. The van der Waals surface area contributed by atoms with Gasteiger partial charge in [0.1, 0.15) is 0 Å². The van der Waals surface area contributed by atoms with Crippen molar-refractivity contribution in [2.24, 2.45) is 5.92 Å². The Kier molecular flexibility index (Phi) is 7.04. The van der Waals surface area contributed by atoms with Crippen LogP contribution in [-0.4, -0.2) is 95.9 Å². The second kappa shape index (κ2) is 8.61. The Morgan fingerprint density at radius 3 is 2.08 bits per heavy atom. The van der Waals surface area contributed by atoms with Gasteiger partial charge >= 0.3 is 0 Å². The third-order valence-electron chi connectivity index (χ3n) is 4.93. The number of piperazine rings is 1. The molecule has 2 rings (SSSR count). The summed E-state index contributed by atoms with van der Waals surface area (Å²) >= 11 is 0. The van der Waals surface area contributed by atoms with Crippen LogP contribution in [0.1, 0.15) is 34.6 Å². The van der Waals surface area contributed by atoms with Gasteiger partial charge in [-0.3, -0.25) is 14.6 Å². The second-order valence-electron chi connectivity index (χ2n) is 7.87. The van der Waals surface area contributed by atoms with E-state index in [4.69, 9.17) is 4.74 Å². The van der Waals surface area contributed by atoms with Gasteiger partial charge < -0.3 is 14.7 Å². The van der Waals surface area contributed by atoms with Gasteiger partial charge in [-0.2, -0.15) is 0 Å². The number of rotatable bonds is 5. The summed E-state index contributed by atoms with van der Waals surface area (Å²) in [5, 5.41) is 9.52. The first-order chi connectivity index (χ1) is 11.3. The lowest BCUT2D eigenvalue weighted by atomic mass is 9.98. The summed E-state index contributed by atoms with van der Waals surface area (Å²) < 4.78 is 5.83. The van der Waals surface area contributed by atoms with E-state index < -0.39 is 0 Å². The summed E-state index contributed by atoms with van der Waals surface area (Å²) in [7, 11) is 0. The van der Waals surface area contributed by atoms with Crippen LogP contribution in [0.3, 0.4) is 0 Å². The van der Waals surface area contributed by atoms with Crippen LogP contribution in [0.2, 0.25) is 0 Å². The maximum absolute atomic E-state index is 13.2. The minimum absolute atomic E-state index is 0.0675. The lowest BCUT2D eigenvalue weighted by Crippen LogP contribution is -2.60. The predicted molar refractivity (Wildman–Crippen MR) is 94.9 cm³/mol. The zero-order chi connectivity index (χ0) is 17.9. The van der Waals surface area contributed by atoms with E-state index in [0.29, 0.717) is 6.54 Å². The van der Waals surface area contributed by atoms with Crippen LogP contribution in [0.4, 0.5) is 0 Å². The molecule has 0 radical (unpaired) electrons. The molecule has 6 heteroatoms. The van der Waals surface area contributed by atoms with Gasteiger partial charge in [0, 0.05) is 45.8 Å². The first-order valence-corrected chi connectivity index (χ1v) is 9.36. The normalized spacial score (nSPS) is 29.7. The molecule has 4 atom stereocenters. The summed E-state index contributed by atoms with van der Waals surface area (Å²) in [6, 6.07) is -0.0675. The van der Waals surface area contributed by atoms with Crippen molar-refractivity contribution in [3.05, 3.63) is 0 Å². The van der Waals surface area contributed by atoms with E-state index in [1.807, 2.05) is 11.8 Å². The van der Waals surface area contributed by atoms with Gasteiger partial charge in [0.05, 0.1) is 24.4 Å². The molecule has 2 aliphatic heterocycles. The number of amides is 1. The van der Waals surface area contributed by atoms with Crippen molar-refractivity contribution in [2.45, 2.75) is 59.0 Å². The first kappa shape index (κ1) is 19.6. The molecule has 2 heterocycles. The number of aliphatic hydroxyl groups is 1. The zero-order valence-corrected chi connectivity index (χ0v) is 15.9. The Labute approximate surface area is 146 Å². The summed E-state index contributed by atoms with van der Waals surface area (Å²) in [6.45, 7) is 15.8. The molecular weight excluding hydrogens is 306 g/mol. The Hall–Kier alpha value is -0.690. The van der Waals surface area contributed by atoms with Gasteiger partial charge in [-0.15, -0.1) is 0 Å². The van der Waals surface area contributed by atoms with E-state index in [-0.39, 0.29) is 36.2 Å². The van der Waals surface area contributed by atoms with Crippen molar-refractivity contribution in [2.75, 3.05) is 45.8 Å². The number of carbonyl (C=O) groups excluding carboxylic acids is 1. The number of hydrogen-bond acceptors (Lipinski definition) is 5. The molecule has 0 aliphatic carbocycles. The van der Waals surface area contributed by atoms with E-state index in [1.165, 1.54) is 0 Å². The van der Waals surface area contributed by atoms with Crippen LogP contribution < -0.4 is 0 Å². The van der Waals surface area contributed by atoms with E-state index >= 15 is 0 Å². The quantitative estimate of drug-likeness (QED) is 0.796. The van der Waals surface area contributed by atoms with Crippen LogP contribution >= 0.6 is 0 Å². The standard InChI is InChI=1S/C18H35N3O3/c1-13(2)17(21-11-15(4)24-16(5)12-21)18(23)20-8-6-19(7-9-20)10-14(3)22/h13-17,22H,6-12H2,1-5H3/t14-,15-,16-,17-/m0/s1. The Balaban J connectivity index is 1.97. The number of morpholine rings is 1. The molecule has 2 aliphatic rings. The highest BCUT2D eigenvalue weighted by molar-refractivity contribution is 5.82. The number of β-amino-alcohol motifs (C(OH)–C–C–N with tert-alkyl or cyclic N) is 1. The van der Waals surface area contributed by atoms with Gasteiger partial charge in [-0.1, -0.05) is 13.8 Å². The fraction of sp³-hybridized carbons (Fsp3) is 0.944. The third kappa shape index (κ3) is 5.15. The maximum Gasteiger partial charge on any atom is 0.240 e. The molecule has 2 fully saturated rings. The minimum atomic E-state index is -0.313. The molecule has 2 saturated heterocycles. The van der Waals surface area contributed by atoms with E-state index in [1.54, 1.807) is 0 Å². The molecule has 0 aromatic carbocycles. The minimum Gasteiger partial charge on any atom is -0.392 e. The van der Waals surface area contributed by atoms with Crippen LogP contribution in [0.25, 0.3) is 0 Å². The first-order valence-electron chi connectivity index (χ1n) is 9.36. The van der Waals surface area contributed by atoms with Gasteiger partial charge in [0.2, 0.25) is 5.91 Å². The lowest BCUT2D eigenvalue weighted by molar-refractivity contribution is -0.147. The monoisotopic (exact) mass is 341 g/mol. The summed E-state index contributed by atoms with van der Waals surface area (Å²) in [4.78, 5) is 19.7. The zero-order valence-electron chi connectivity index (χ0n) is 15.9. The number of aliphatic hydroxyl groups excluding tert-OH is 1. The molecule has 0 bridgehead atoms. The molecule has 1 amide bonds. The van der Waals surface area contributed by atoms with Crippen molar-refractivity contribution in [1.82, 2.24) is 14.7 Å². The Morgan fingerprint density at radius 1 is 1.08 bits per heavy atom. The summed E-state index contributed by atoms with van der Waals surface area (Å²) in [5.74, 6) is 0.536. The summed E-state index contributed by atoms with van der Waals surface area (Å²) in [6.07, 6.45) is 0.0309. The van der Waals surface area contributed by atoms with E-state index in [0.717, 1.165) is 39.3 Å². The summed E-state index contributed by atoms with van der Waals surface area (Å²) in [5.41, 5.74) is 0. The van der Waals surface area contributed by atoms with Crippen LogP contribution in [0.15, 0.2) is 0 Å². The molecule has 140 valence electrons. The SMILES string of the molecule is CC(C)[C@@H](C(=O)N1CCN(C[C@H](C)O)CC1)N1C[C@H](C)O[C@@H](C)C1. The van der Waals surface area contributed by atoms with E-state index in [9.17, 15) is 9.90 Å². The molecule has 0 aromatic heterocycles. The number of ether oxygens (including phenoxy) is 1. The van der Waals surface area contributed by atoms with Gasteiger partial charge in [0.15, 0.2) is 0 Å². The number of hydrogen-bond donors (Lipinski definition) is 1. The third-order valence-corrected chi connectivity index (χ3v) is 4.93. The number of carbonyl (C=O) groups is 1. The lowest BCUT2D eigenvalue weighted by Gasteiger charge is -2.44. The molecular formula is C18H35N3O3. The molecule has 0 aromatic rings. The number of nitrogens with zero attached hydrogens (tertiary/aromatic N) is 3. The Morgan fingerprint density at radius 2 is 1.62 bits per heavy atom. The topological polar surface area (TPSA) is 56.2 Å². The van der Waals surface area contributed by atoms with Crippen LogP contribution in [0.5, 0.6) is 0 Å². The molecule has 0 unspecified atom stereocenters. The Bertz CT molecular complexity index is 398. The molecule has 1 N–H and O–H groups in total. The highest BCUT2D eigenvalue weighted by Gasteiger charge is 2.37. The molecule has 6 nitrogen and oxygen atoms in total. The van der Waals surface area contributed by atoms with Gasteiger partial charge in [0.25, 0.3) is 0 Å². The molecule has 0 spiro atoms. The fourth-order valence-electron chi connectivity index (χ4n) is 4.02. The molecule has 0 saturated carbocycles. The van der Waals surface area contributed by atoms with Crippen molar-refractivity contribution < 1.29 is 14.6 Å². The van der Waals surface area contributed by atoms with Gasteiger partial charge in [-0.05, 0) is 26.7 Å². The van der Waals surface area contributed by atoms with Gasteiger partial charge in [-0.25, -0.2) is 0 Å². The fourth-order valence-corrected chi connectivity index (χ4v) is 4.02.